The van der Waals surface area contributed by atoms with Gasteiger partial charge in [-0.3, -0.25) is 0 Å². The average molecular weight is 406 g/mol. The minimum absolute atomic E-state index is 0.0601. The Balaban J connectivity index is 1.66. The summed E-state index contributed by atoms with van der Waals surface area (Å²) in [6, 6.07) is 7.81. The number of rotatable bonds is 4. The van der Waals surface area contributed by atoms with Crippen LogP contribution in [-0.4, -0.2) is 38.4 Å². The number of piperidine rings is 1. The molecule has 0 atom stereocenters. The number of hydrogen-bond acceptors (Lipinski definition) is 4. The molecule has 1 fully saturated rings. The number of H-pyrrole nitrogens is 1. The van der Waals surface area contributed by atoms with Gasteiger partial charge in [-0.1, -0.05) is 6.07 Å². The van der Waals surface area contributed by atoms with Crippen LogP contribution in [0.15, 0.2) is 47.5 Å². The van der Waals surface area contributed by atoms with Crippen LogP contribution in [0.1, 0.15) is 24.3 Å². The van der Waals surface area contributed by atoms with Gasteiger partial charge in [0.25, 0.3) is 0 Å². The number of nitrogens with zero attached hydrogens (tertiary/aromatic N) is 1. The van der Waals surface area contributed by atoms with Gasteiger partial charge in [0, 0.05) is 17.1 Å². The van der Waals surface area contributed by atoms with Crippen molar-refractivity contribution in [2.45, 2.75) is 23.7 Å². The Hall–Kier alpha value is -2.45. The zero-order valence-corrected chi connectivity index (χ0v) is 16.1. The van der Waals surface area contributed by atoms with Gasteiger partial charge in [0.05, 0.1) is 0 Å². The van der Waals surface area contributed by atoms with Gasteiger partial charge in [0.15, 0.2) is 11.6 Å². The van der Waals surface area contributed by atoms with Crippen LogP contribution in [0.5, 0.6) is 5.75 Å². The van der Waals surface area contributed by atoms with E-state index in [1.165, 1.54) is 6.07 Å². The Morgan fingerprint density at radius 2 is 1.89 bits per heavy atom. The molecule has 1 N–H and O–H groups in total. The lowest BCUT2D eigenvalue weighted by atomic mass is 9.89. The van der Waals surface area contributed by atoms with Crippen molar-refractivity contribution in [1.29, 1.82) is 0 Å². The van der Waals surface area contributed by atoms with Gasteiger partial charge in [-0.15, -0.1) is 0 Å². The van der Waals surface area contributed by atoms with E-state index in [4.69, 9.17) is 4.18 Å². The minimum atomic E-state index is -4.50. The van der Waals surface area contributed by atoms with Crippen LogP contribution in [0, 0.1) is 11.6 Å². The Kier molecular flexibility index (Phi) is 4.84. The van der Waals surface area contributed by atoms with Gasteiger partial charge in [-0.05, 0) is 74.8 Å². The fourth-order valence-corrected chi connectivity index (χ4v) is 4.69. The van der Waals surface area contributed by atoms with Crippen molar-refractivity contribution in [3.63, 3.8) is 0 Å². The third-order valence-electron chi connectivity index (χ3n) is 5.24. The number of aromatic amines is 1. The van der Waals surface area contributed by atoms with Crippen LogP contribution in [0.25, 0.3) is 10.9 Å². The number of nitrogens with one attached hydrogen (secondary N) is 1. The molecule has 3 aromatic rings. The molecule has 1 aliphatic heterocycles. The largest absolute Gasteiger partial charge is 0.379 e. The first kappa shape index (κ1) is 18.9. The molecular weight excluding hydrogens is 386 g/mol. The number of hydrogen-bond donors (Lipinski definition) is 1. The lowest BCUT2D eigenvalue weighted by Gasteiger charge is -2.28. The summed E-state index contributed by atoms with van der Waals surface area (Å²) in [7, 11) is -2.40. The number of aromatic nitrogens is 1. The summed E-state index contributed by atoms with van der Waals surface area (Å²) >= 11 is 0. The molecule has 1 aliphatic rings. The van der Waals surface area contributed by atoms with Crippen LogP contribution in [0.2, 0.25) is 0 Å². The fraction of sp³-hybridized carbons (Fsp3) is 0.300. The molecule has 0 unspecified atom stereocenters. The van der Waals surface area contributed by atoms with Gasteiger partial charge < -0.3 is 14.1 Å². The van der Waals surface area contributed by atoms with E-state index in [0.29, 0.717) is 5.92 Å². The lowest BCUT2D eigenvalue weighted by molar-refractivity contribution is 0.256. The third-order valence-corrected chi connectivity index (χ3v) is 6.50. The lowest BCUT2D eigenvalue weighted by Crippen LogP contribution is -2.29. The monoisotopic (exact) mass is 406 g/mol. The highest BCUT2D eigenvalue weighted by molar-refractivity contribution is 7.87. The predicted molar refractivity (Wildman–Crippen MR) is 102 cm³/mol. The molecule has 2 heterocycles. The molecule has 8 heteroatoms. The van der Waals surface area contributed by atoms with Crippen molar-refractivity contribution in [3.05, 3.63) is 59.8 Å². The molecule has 0 aliphatic carbocycles. The maximum atomic E-state index is 13.9. The quantitative estimate of drug-likeness (QED) is 0.665. The summed E-state index contributed by atoms with van der Waals surface area (Å²) in [6.45, 7) is 2.00. The first-order valence-corrected chi connectivity index (χ1v) is 10.4. The van der Waals surface area contributed by atoms with Crippen LogP contribution in [0.3, 0.4) is 0 Å². The van der Waals surface area contributed by atoms with Crippen molar-refractivity contribution in [1.82, 2.24) is 9.88 Å². The van der Waals surface area contributed by atoms with Gasteiger partial charge >= 0.3 is 10.1 Å². The molecule has 0 bridgehead atoms. The standard InChI is InChI=1S/C20H20F2N2O3S/c1-24-9-7-13(8-10-24)16-12-23-18-6-5-14(11-15(16)18)27-28(25,26)19-4-2-3-17(21)20(19)22/h2-6,11-13,23H,7-10H2,1H3. The Morgan fingerprint density at radius 3 is 2.64 bits per heavy atom. The first-order valence-electron chi connectivity index (χ1n) is 9.03. The smallest absolute Gasteiger partial charge is 0.342 e. The highest BCUT2D eigenvalue weighted by Crippen LogP contribution is 2.35. The van der Waals surface area contributed by atoms with Gasteiger partial charge in [-0.2, -0.15) is 8.42 Å². The van der Waals surface area contributed by atoms with E-state index in [1.807, 2.05) is 6.20 Å². The summed E-state index contributed by atoms with van der Waals surface area (Å²) in [6.07, 6.45) is 3.98. The maximum Gasteiger partial charge on any atom is 0.342 e. The average Bonchev–Trinajstić information content (AvgIpc) is 3.07. The summed E-state index contributed by atoms with van der Waals surface area (Å²) in [4.78, 5) is 4.66. The zero-order valence-electron chi connectivity index (χ0n) is 15.3. The minimum Gasteiger partial charge on any atom is -0.379 e. The van der Waals surface area contributed by atoms with Crippen molar-refractivity contribution in [3.8, 4) is 5.75 Å². The van der Waals surface area contributed by atoms with E-state index in [-0.39, 0.29) is 5.75 Å². The highest BCUT2D eigenvalue weighted by atomic mass is 32.2. The van der Waals surface area contributed by atoms with Crippen LogP contribution < -0.4 is 4.18 Å². The van der Waals surface area contributed by atoms with Crippen molar-refractivity contribution >= 4 is 21.0 Å². The van der Waals surface area contributed by atoms with E-state index in [0.717, 1.165) is 60.6 Å². The second-order valence-corrected chi connectivity index (χ2v) is 8.63. The van der Waals surface area contributed by atoms with Crippen molar-refractivity contribution < 1.29 is 21.4 Å². The summed E-state index contributed by atoms with van der Waals surface area (Å²) in [5.41, 5.74) is 1.98. The molecule has 1 aromatic heterocycles. The molecule has 0 amide bonds. The summed E-state index contributed by atoms with van der Waals surface area (Å²) in [5.74, 6) is -2.25. The van der Waals surface area contributed by atoms with Crippen molar-refractivity contribution in [2.24, 2.45) is 0 Å². The molecular formula is C20H20F2N2O3S. The zero-order chi connectivity index (χ0) is 19.9. The van der Waals surface area contributed by atoms with Gasteiger partial charge in [0.1, 0.15) is 10.6 Å². The second kappa shape index (κ2) is 7.18. The molecule has 0 radical (unpaired) electrons. The molecule has 5 nitrogen and oxygen atoms in total. The normalized spacial score (nSPS) is 16.5. The van der Waals surface area contributed by atoms with Crippen LogP contribution >= 0.6 is 0 Å². The molecule has 1 saturated heterocycles. The Labute approximate surface area is 162 Å². The molecule has 0 saturated carbocycles. The van der Waals surface area contributed by atoms with Gasteiger partial charge in [0.2, 0.25) is 0 Å². The van der Waals surface area contributed by atoms with E-state index < -0.39 is 26.6 Å². The van der Waals surface area contributed by atoms with Crippen LogP contribution in [-0.2, 0) is 10.1 Å². The van der Waals surface area contributed by atoms with E-state index in [2.05, 4.69) is 16.9 Å². The maximum absolute atomic E-state index is 13.9. The van der Waals surface area contributed by atoms with Crippen molar-refractivity contribution in [2.75, 3.05) is 20.1 Å². The van der Waals surface area contributed by atoms with Crippen LogP contribution in [0.4, 0.5) is 8.78 Å². The number of likely N-dealkylation sites (tertiary alicyclic amines) is 1. The Morgan fingerprint density at radius 1 is 1.14 bits per heavy atom. The fourth-order valence-electron chi connectivity index (χ4n) is 3.68. The predicted octanol–water partition coefficient (Wildman–Crippen LogP) is 4.02. The number of benzene rings is 2. The summed E-state index contributed by atoms with van der Waals surface area (Å²) in [5, 5.41) is 0.877. The molecule has 2 aromatic carbocycles. The highest BCUT2D eigenvalue weighted by Gasteiger charge is 2.25. The SMILES string of the molecule is CN1CCC(c2c[nH]c3ccc(OS(=O)(=O)c4cccc(F)c4F)cc23)CC1. The first-order chi connectivity index (χ1) is 13.3. The van der Waals surface area contributed by atoms with E-state index in [1.54, 1.807) is 12.1 Å². The molecule has 0 spiro atoms. The van der Waals surface area contributed by atoms with E-state index in [9.17, 15) is 17.2 Å². The molecule has 148 valence electrons. The summed E-state index contributed by atoms with van der Waals surface area (Å²) < 4.78 is 57.3. The number of fused-ring (bicyclic) bond motifs is 1. The number of halogens is 2. The Bertz CT molecular complexity index is 1120. The second-order valence-electron chi connectivity index (χ2n) is 7.12. The molecule has 4 rings (SSSR count). The molecule has 28 heavy (non-hydrogen) atoms. The topological polar surface area (TPSA) is 62.4 Å². The third kappa shape index (κ3) is 3.49. The van der Waals surface area contributed by atoms with E-state index >= 15 is 0 Å². The van der Waals surface area contributed by atoms with Gasteiger partial charge in [-0.25, -0.2) is 8.78 Å².